The Bertz CT molecular complexity index is 1150. The van der Waals surface area contributed by atoms with Crippen molar-refractivity contribution in [1.29, 1.82) is 0 Å². The summed E-state index contributed by atoms with van der Waals surface area (Å²) in [4.78, 5) is 0. The van der Waals surface area contributed by atoms with Crippen LogP contribution in [0.3, 0.4) is 0 Å². The van der Waals surface area contributed by atoms with Crippen molar-refractivity contribution in [2.45, 2.75) is 52.4 Å². The normalized spacial score (nSPS) is 9.46. The molecule has 6 rings (SSSR count). The summed E-state index contributed by atoms with van der Waals surface area (Å²) in [5.74, 6) is 0. The molecule has 41 heavy (non-hydrogen) atoms. The minimum Gasteiger partial charge on any atom is -1.00 e. The molecule has 0 nitrogen and oxygen atoms in total. The van der Waals surface area contributed by atoms with Crippen molar-refractivity contribution in [3.8, 4) is 22.3 Å². The molecule has 0 spiro atoms. The van der Waals surface area contributed by atoms with Crippen LogP contribution in [0.25, 0.3) is 22.3 Å². The summed E-state index contributed by atoms with van der Waals surface area (Å²) in [5.41, 5.74) is 8.06. The van der Waals surface area contributed by atoms with Gasteiger partial charge in [0.2, 0.25) is 0 Å². The summed E-state index contributed by atoms with van der Waals surface area (Å²) in [6, 6.07) is 48.9. The summed E-state index contributed by atoms with van der Waals surface area (Å²) in [6.45, 7) is 4.49. The summed E-state index contributed by atoms with van der Waals surface area (Å²) in [5, 5.41) is 0. The largest absolute Gasteiger partial charge is 1.00 e. The van der Waals surface area contributed by atoms with Crippen LogP contribution in [0.5, 0.6) is 0 Å². The Morgan fingerprint density at radius 3 is 1.59 bits per heavy atom. The molecular formula is C38H42Cl2Zr-2. The molecule has 0 aromatic heterocycles. The van der Waals surface area contributed by atoms with Crippen LogP contribution in [0.4, 0.5) is 0 Å². The molecule has 0 saturated carbocycles. The first-order chi connectivity index (χ1) is 19.3. The van der Waals surface area contributed by atoms with Gasteiger partial charge >= 0.3 is 28.4 Å². The Morgan fingerprint density at radius 2 is 1.10 bits per heavy atom. The van der Waals surface area contributed by atoms with Gasteiger partial charge < -0.3 is 24.8 Å². The quantitative estimate of drug-likeness (QED) is 0.185. The first-order valence-electron chi connectivity index (χ1n) is 14.0. The van der Waals surface area contributed by atoms with Crippen LogP contribution in [0, 0.1) is 6.07 Å². The molecule has 0 bridgehead atoms. The number of unbranched alkanes of at least 4 members (excludes halogenated alkanes) is 4. The van der Waals surface area contributed by atoms with E-state index in [2.05, 4.69) is 109 Å². The van der Waals surface area contributed by atoms with E-state index >= 15 is 0 Å². The fraction of sp³-hybridized carbons (Fsp3) is 0.211. The van der Waals surface area contributed by atoms with E-state index in [-0.39, 0.29) is 24.8 Å². The zero-order chi connectivity index (χ0) is 28.0. The second-order valence-corrected chi connectivity index (χ2v) is 9.15. The topological polar surface area (TPSA) is 0 Å². The van der Waals surface area contributed by atoms with Gasteiger partial charge in [0, 0.05) is 0 Å². The number of fused-ring (bicyclic) bond motifs is 3. The molecule has 1 aliphatic carbocycles. The molecule has 0 fully saturated rings. The third kappa shape index (κ3) is 14.8. The average Bonchev–Trinajstić information content (AvgIpc) is 3.73. The second-order valence-electron chi connectivity index (χ2n) is 9.15. The van der Waals surface area contributed by atoms with Gasteiger partial charge in [0.15, 0.2) is 0 Å². The van der Waals surface area contributed by atoms with Crippen LogP contribution in [0.1, 0.15) is 57.1 Å². The molecule has 1 aliphatic rings. The van der Waals surface area contributed by atoms with Crippen molar-refractivity contribution >= 4 is 4.21 Å². The third-order valence-electron chi connectivity index (χ3n) is 6.26. The SMILES string of the molecule is CCCCCCC.[CH2]=[Zr+2].[Cl-].[Cl-].[c-]1cccc2c1Cc1ccccc1-2.c1cc[cH-]c1.c1ccc(-c2ccccc2)cc1. The standard InChI is InChI=1S/C13H9.C12H10.C7H16.C5H5.CH2.2ClH.Zr/c1-3-7-12-10(5-1)9-11-6-2-4-8-13(11)12;1-3-7-11(8-4-1)12-9-5-2-6-10-12;1-3-5-7-6-4-2;1-2-4-5-3-1;;;;/h1-5,7-8H,9H2;1-10H;3-7H2,1-2H3;1-5H;1H2;2*1H;/q-1;;;-1;;;;+2/p-2. The molecule has 0 unspecified atom stereocenters. The number of hydrogen-bond donors (Lipinski definition) is 0. The van der Waals surface area contributed by atoms with Crippen LogP contribution in [-0.4, -0.2) is 4.21 Å². The van der Waals surface area contributed by atoms with Gasteiger partial charge in [0.25, 0.3) is 0 Å². The van der Waals surface area contributed by atoms with Crippen molar-refractivity contribution in [3.05, 3.63) is 151 Å². The van der Waals surface area contributed by atoms with Gasteiger partial charge in [0.1, 0.15) is 0 Å². The molecule has 5 aromatic rings. The van der Waals surface area contributed by atoms with Gasteiger partial charge in [0.05, 0.1) is 0 Å². The van der Waals surface area contributed by atoms with Gasteiger partial charge in [-0.15, -0.1) is 5.56 Å². The molecule has 0 amide bonds. The van der Waals surface area contributed by atoms with E-state index in [1.54, 1.807) is 0 Å². The Morgan fingerprint density at radius 1 is 0.610 bits per heavy atom. The Labute approximate surface area is 276 Å². The maximum Gasteiger partial charge on any atom is -0.0184 e. The number of halogens is 2. The fourth-order valence-electron chi connectivity index (χ4n) is 4.26. The molecule has 0 saturated heterocycles. The van der Waals surface area contributed by atoms with Crippen molar-refractivity contribution < 1.29 is 49.0 Å². The predicted molar refractivity (Wildman–Crippen MR) is 169 cm³/mol. The summed E-state index contributed by atoms with van der Waals surface area (Å²) >= 11 is 1.30. The van der Waals surface area contributed by atoms with E-state index < -0.39 is 0 Å². The van der Waals surface area contributed by atoms with E-state index in [0.29, 0.717) is 0 Å². The zero-order valence-corrected chi connectivity index (χ0v) is 28.4. The number of hydrogen-bond acceptors (Lipinski definition) is 0. The Balaban J connectivity index is 0.000000530. The van der Waals surface area contributed by atoms with Gasteiger partial charge in [-0.05, 0) is 17.5 Å². The van der Waals surface area contributed by atoms with Crippen LogP contribution < -0.4 is 24.8 Å². The van der Waals surface area contributed by atoms with E-state index in [1.807, 2.05) is 48.5 Å². The second kappa shape index (κ2) is 25.3. The van der Waals surface area contributed by atoms with E-state index in [4.69, 9.17) is 0 Å². The maximum absolute atomic E-state index is 3.34. The first kappa shape index (κ1) is 38.6. The van der Waals surface area contributed by atoms with Crippen molar-refractivity contribution in [3.63, 3.8) is 0 Å². The number of rotatable bonds is 5. The van der Waals surface area contributed by atoms with Crippen molar-refractivity contribution in [2.75, 3.05) is 0 Å². The molecule has 0 atom stereocenters. The van der Waals surface area contributed by atoms with Gasteiger partial charge in [-0.2, -0.15) is 48.0 Å². The molecular weight excluding hydrogens is 619 g/mol. The van der Waals surface area contributed by atoms with Crippen LogP contribution in [0.2, 0.25) is 0 Å². The molecule has 0 heterocycles. The van der Waals surface area contributed by atoms with Crippen LogP contribution >= 0.6 is 0 Å². The maximum atomic E-state index is 3.34. The molecule has 0 aliphatic heterocycles. The first-order valence-corrected chi connectivity index (χ1v) is 15.8. The zero-order valence-electron chi connectivity index (χ0n) is 24.4. The van der Waals surface area contributed by atoms with Gasteiger partial charge in [-0.25, -0.2) is 12.1 Å². The van der Waals surface area contributed by atoms with Crippen molar-refractivity contribution in [1.82, 2.24) is 0 Å². The van der Waals surface area contributed by atoms with E-state index in [9.17, 15) is 0 Å². The third-order valence-corrected chi connectivity index (χ3v) is 6.26. The van der Waals surface area contributed by atoms with Crippen LogP contribution in [-0.2, 0) is 30.7 Å². The number of benzene rings is 4. The smallest absolute Gasteiger partial charge is 0.0184 e. The Hall–Kier alpha value is -2.44. The molecule has 0 N–H and O–H groups in total. The van der Waals surface area contributed by atoms with E-state index in [0.717, 1.165) is 6.42 Å². The molecule has 0 radical (unpaired) electrons. The fourth-order valence-corrected chi connectivity index (χ4v) is 4.26. The summed E-state index contributed by atoms with van der Waals surface area (Å²) in [6.07, 6.45) is 8.06. The van der Waals surface area contributed by atoms with Crippen LogP contribution in [0.15, 0.2) is 133 Å². The predicted octanol–water partition coefficient (Wildman–Crippen LogP) is 4.77. The monoisotopic (exact) mass is 658 g/mol. The minimum absolute atomic E-state index is 0. The van der Waals surface area contributed by atoms with Crippen molar-refractivity contribution in [2.24, 2.45) is 0 Å². The average molecular weight is 661 g/mol. The van der Waals surface area contributed by atoms with Gasteiger partial charge in [-0.3, -0.25) is 0 Å². The molecule has 3 heteroatoms. The molecule has 214 valence electrons. The van der Waals surface area contributed by atoms with Gasteiger partial charge in [-0.1, -0.05) is 142 Å². The molecule has 5 aromatic carbocycles. The Kier molecular flexibility index (Phi) is 23.8. The summed E-state index contributed by atoms with van der Waals surface area (Å²) < 4.78 is 3.34. The minimum atomic E-state index is 0. The summed E-state index contributed by atoms with van der Waals surface area (Å²) in [7, 11) is 0. The van der Waals surface area contributed by atoms with E-state index in [1.165, 1.54) is 89.7 Å².